The number of hydrogen-bond donors (Lipinski definition) is 1. The van der Waals surface area contributed by atoms with Crippen LogP contribution in [0.25, 0.3) is 10.6 Å². The summed E-state index contributed by atoms with van der Waals surface area (Å²) in [6, 6.07) is 5.62. The molecule has 28 heavy (non-hydrogen) atoms. The third-order valence-corrected chi connectivity index (χ3v) is 4.89. The smallest absolute Gasteiger partial charge is 0.350 e. The summed E-state index contributed by atoms with van der Waals surface area (Å²) in [4.78, 5) is 22.9. The van der Waals surface area contributed by atoms with E-state index in [1.165, 1.54) is 11.3 Å². The molecule has 3 rings (SSSR count). The average Bonchev–Trinajstić information content (AvgIpc) is 3.09. The second kappa shape index (κ2) is 8.41. The van der Waals surface area contributed by atoms with Crippen molar-refractivity contribution in [2.24, 2.45) is 5.16 Å². The lowest BCUT2D eigenvalue weighted by Gasteiger charge is -2.07. The molecule has 3 heterocycles. The molecule has 0 bridgehead atoms. The molecule has 0 fully saturated rings. The van der Waals surface area contributed by atoms with Crippen molar-refractivity contribution in [3.8, 4) is 28.5 Å². The van der Waals surface area contributed by atoms with Gasteiger partial charge in [0.25, 0.3) is 0 Å². The van der Waals surface area contributed by atoms with Crippen LogP contribution >= 0.6 is 11.3 Å². The van der Waals surface area contributed by atoms with Crippen molar-refractivity contribution >= 4 is 22.9 Å². The third-order valence-electron chi connectivity index (χ3n) is 3.57. The molecule has 2 N–H and O–H groups in total. The minimum atomic E-state index is -0.103. The molecule has 0 aromatic carbocycles. The first kappa shape index (κ1) is 19.2. The molecule has 0 aliphatic carbocycles. The number of nitrogens with zero attached hydrogens (tertiary/aromatic N) is 6. The van der Waals surface area contributed by atoms with Crippen LogP contribution in [-0.2, 0) is 0 Å². The van der Waals surface area contributed by atoms with Gasteiger partial charge in [0.05, 0.1) is 22.9 Å². The molecule has 3 aromatic rings. The molecular formula is C18H17N7O2S. The maximum absolute atomic E-state index is 9.14. The third kappa shape index (κ3) is 4.05. The van der Waals surface area contributed by atoms with Crippen LogP contribution in [0.3, 0.4) is 0 Å². The van der Waals surface area contributed by atoms with Gasteiger partial charge in [-0.3, -0.25) is 4.98 Å². The van der Waals surface area contributed by atoms with Crippen LogP contribution in [0, 0.1) is 18.3 Å². The number of nitrogen functional groups attached to an aromatic ring is 1. The van der Waals surface area contributed by atoms with Crippen LogP contribution in [-0.4, -0.2) is 32.3 Å². The number of pyridine rings is 1. The van der Waals surface area contributed by atoms with Crippen molar-refractivity contribution in [2.45, 2.75) is 20.8 Å². The van der Waals surface area contributed by atoms with Crippen molar-refractivity contribution in [2.75, 3.05) is 12.3 Å². The van der Waals surface area contributed by atoms with E-state index in [0.717, 1.165) is 21.1 Å². The van der Waals surface area contributed by atoms with Gasteiger partial charge in [0, 0.05) is 18.0 Å². The Morgan fingerprint density at radius 1 is 1.36 bits per heavy atom. The first-order valence-electron chi connectivity index (χ1n) is 8.33. The van der Waals surface area contributed by atoms with Gasteiger partial charge in [-0.2, -0.15) is 15.2 Å². The Hall–Kier alpha value is -3.58. The van der Waals surface area contributed by atoms with E-state index in [2.05, 4.69) is 25.1 Å². The normalized spacial score (nSPS) is 11.1. The van der Waals surface area contributed by atoms with Crippen molar-refractivity contribution in [1.82, 2.24) is 19.9 Å². The van der Waals surface area contributed by atoms with E-state index >= 15 is 0 Å². The number of rotatable bonds is 6. The highest BCUT2D eigenvalue weighted by Gasteiger charge is 2.16. The van der Waals surface area contributed by atoms with Crippen molar-refractivity contribution in [3.05, 3.63) is 40.7 Å². The molecule has 0 radical (unpaired) electrons. The number of nitrogens with two attached hydrogens (primary N) is 1. The number of anilines is 1. The van der Waals surface area contributed by atoms with Crippen LogP contribution in [0.4, 0.5) is 5.82 Å². The summed E-state index contributed by atoms with van der Waals surface area (Å²) in [5.41, 5.74) is 8.20. The number of aromatic nitrogens is 4. The zero-order valence-corrected chi connectivity index (χ0v) is 16.3. The number of oxime groups is 1. The van der Waals surface area contributed by atoms with Crippen molar-refractivity contribution in [1.29, 1.82) is 5.26 Å². The maximum Gasteiger partial charge on any atom is 0.350 e. The topological polar surface area (TPSA) is 132 Å². The molecule has 10 heteroatoms. The van der Waals surface area contributed by atoms with Crippen LogP contribution in [0.5, 0.6) is 11.9 Å². The van der Waals surface area contributed by atoms with E-state index in [1.807, 2.05) is 25.1 Å². The largest absolute Gasteiger partial charge is 0.477 e. The Balaban J connectivity index is 1.86. The standard InChI is InChI=1S/C18H17N7O2S/c1-4-26-16-13(8-19)15(20)23-18(24-16)27-25-11(3)14-10(2)22-17(28-14)12-6-5-7-21-9-12/h5-7,9H,4H2,1-3H3,(H2,20,23,24). The number of hydrogen-bond acceptors (Lipinski definition) is 10. The van der Waals surface area contributed by atoms with Crippen LogP contribution < -0.4 is 15.3 Å². The Kier molecular flexibility index (Phi) is 5.76. The summed E-state index contributed by atoms with van der Waals surface area (Å²) in [5, 5.41) is 14.1. The van der Waals surface area contributed by atoms with Crippen molar-refractivity contribution in [3.63, 3.8) is 0 Å². The van der Waals surface area contributed by atoms with Gasteiger partial charge >= 0.3 is 6.01 Å². The monoisotopic (exact) mass is 395 g/mol. The van der Waals surface area contributed by atoms with Crippen molar-refractivity contribution < 1.29 is 9.57 Å². The van der Waals surface area contributed by atoms with Crippen LogP contribution in [0.15, 0.2) is 29.7 Å². The molecule has 0 spiro atoms. The van der Waals surface area contributed by atoms with E-state index < -0.39 is 0 Å². The molecule has 0 saturated carbocycles. The number of nitriles is 1. The van der Waals surface area contributed by atoms with Gasteiger partial charge in [0.2, 0.25) is 5.88 Å². The molecule has 9 nitrogen and oxygen atoms in total. The number of thiazole rings is 1. The highest BCUT2D eigenvalue weighted by molar-refractivity contribution is 7.17. The molecule has 0 aliphatic heterocycles. The van der Waals surface area contributed by atoms with E-state index in [-0.39, 0.29) is 23.3 Å². The molecule has 0 amide bonds. The summed E-state index contributed by atoms with van der Waals surface area (Å²) in [6.07, 6.45) is 3.47. The maximum atomic E-state index is 9.14. The molecule has 3 aromatic heterocycles. The highest BCUT2D eigenvalue weighted by atomic mass is 32.1. The van der Waals surface area contributed by atoms with Gasteiger partial charge < -0.3 is 15.3 Å². The van der Waals surface area contributed by atoms with Gasteiger partial charge in [-0.05, 0) is 32.9 Å². The summed E-state index contributed by atoms with van der Waals surface area (Å²) in [7, 11) is 0. The predicted molar refractivity (Wildman–Crippen MR) is 105 cm³/mol. The fraction of sp³-hybridized carbons (Fsp3) is 0.222. The molecule has 0 unspecified atom stereocenters. The Morgan fingerprint density at radius 3 is 2.86 bits per heavy atom. The molecule has 142 valence electrons. The van der Waals surface area contributed by atoms with Gasteiger partial charge in [-0.25, -0.2) is 4.98 Å². The lowest BCUT2D eigenvalue weighted by molar-refractivity contribution is 0.289. The average molecular weight is 395 g/mol. The van der Waals surface area contributed by atoms with E-state index in [0.29, 0.717) is 12.3 Å². The zero-order chi connectivity index (χ0) is 20.1. The minimum absolute atomic E-state index is 0.0309. The summed E-state index contributed by atoms with van der Waals surface area (Å²) in [6.45, 7) is 5.79. The molecular weight excluding hydrogens is 378 g/mol. The SMILES string of the molecule is CCOc1nc(ON=C(C)c2sc(-c3cccnc3)nc2C)nc(N)c1C#N. The summed E-state index contributed by atoms with van der Waals surface area (Å²) >= 11 is 1.48. The van der Waals surface area contributed by atoms with E-state index in [4.69, 9.17) is 20.6 Å². The quantitative estimate of drug-likeness (QED) is 0.497. The van der Waals surface area contributed by atoms with Crippen LogP contribution in [0.1, 0.15) is 30.0 Å². The number of ether oxygens (including phenoxy) is 1. The minimum Gasteiger partial charge on any atom is -0.477 e. The first-order valence-corrected chi connectivity index (χ1v) is 9.15. The van der Waals surface area contributed by atoms with Gasteiger partial charge in [0.1, 0.15) is 11.1 Å². The van der Waals surface area contributed by atoms with Gasteiger partial charge in [-0.15, -0.1) is 11.3 Å². The van der Waals surface area contributed by atoms with Gasteiger partial charge in [-0.1, -0.05) is 5.16 Å². The van der Waals surface area contributed by atoms with Crippen LogP contribution in [0.2, 0.25) is 0 Å². The van der Waals surface area contributed by atoms with E-state index in [9.17, 15) is 0 Å². The zero-order valence-electron chi connectivity index (χ0n) is 15.5. The summed E-state index contributed by atoms with van der Waals surface area (Å²) in [5.74, 6) is 0.0322. The second-order valence-corrected chi connectivity index (χ2v) is 6.56. The van der Waals surface area contributed by atoms with E-state index in [1.54, 1.807) is 26.2 Å². The molecule has 0 atom stereocenters. The Labute approximate surface area is 165 Å². The molecule has 0 saturated heterocycles. The fourth-order valence-corrected chi connectivity index (χ4v) is 3.31. The Bertz CT molecular complexity index is 1060. The predicted octanol–water partition coefficient (Wildman–Crippen LogP) is 2.96. The summed E-state index contributed by atoms with van der Waals surface area (Å²) < 4.78 is 5.32. The Morgan fingerprint density at radius 2 is 2.18 bits per heavy atom. The number of aryl methyl sites for hydroxylation is 1. The first-order chi connectivity index (χ1) is 13.5. The highest BCUT2D eigenvalue weighted by Crippen LogP contribution is 2.28. The lowest BCUT2D eigenvalue weighted by Crippen LogP contribution is -2.06. The fourth-order valence-electron chi connectivity index (χ4n) is 2.32. The van der Waals surface area contributed by atoms with Gasteiger partial charge in [0.15, 0.2) is 11.4 Å². The second-order valence-electron chi connectivity index (χ2n) is 5.56. The molecule has 0 aliphatic rings. The lowest BCUT2D eigenvalue weighted by atomic mass is 10.3.